The Bertz CT molecular complexity index is 106. The van der Waals surface area contributed by atoms with E-state index in [0.717, 1.165) is 0 Å². The standard InChI is InChI=1S/C2H8N6/c3-1(7-5)2(4)8-6/h5-6H2,(H2,3,7)(H2,4,8)/i5+1,6+1,7+1,8+1. The van der Waals surface area contributed by atoms with Gasteiger partial charge in [-0.25, -0.2) is 0 Å². The Morgan fingerprint density at radius 3 is 1.25 bits per heavy atom. The molecule has 0 aliphatic carbocycles. The maximum atomic E-state index is 5.02. The second kappa shape index (κ2) is 2.67. The van der Waals surface area contributed by atoms with Gasteiger partial charge in [0, 0.05) is 0 Å². The van der Waals surface area contributed by atoms with Crippen LogP contribution in [0.2, 0.25) is 0 Å². The zero-order valence-electron chi connectivity index (χ0n) is 4.20. The van der Waals surface area contributed by atoms with Crippen LogP contribution in [0.25, 0.3) is 0 Å². The van der Waals surface area contributed by atoms with Crippen LogP contribution in [-0.2, 0) is 0 Å². The van der Waals surface area contributed by atoms with Crippen molar-refractivity contribution in [3.8, 4) is 0 Å². The molecular weight excluding hydrogens is 112 g/mol. The van der Waals surface area contributed by atoms with Crippen LogP contribution >= 0.6 is 0 Å². The highest BCUT2D eigenvalue weighted by molar-refractivity contribution is 6.39. The Morgan fingerprint density at radius 1 is 0.875 bits per heavy atom. The number of nitrogens with two attached hydrogens (primary N) is 4. The van der Waals surface area contributed by atoms with Crippen molar-refractivity contribution >= 4 is 11.7 Å². The lowest BCUT2D eigenvalue weighted by Crippen LogP contribution is -2.33. The van der Waals surface area contributed by atoms with Gasteiger partial charge in [-0.05, 0) is 0 Å². The van der Waals surface area contributed by atoms with Crippen LogP contribution in [0, 0.1) is 0 Å². The zero-order chi connectivity index (χ0) is 6.57. The van der Waals surface area contributed by atoms with Crippen LogP contribution in [0.4, 0.5) is 0 Å². The Balaban J connectivity index is 4.04. The molecule has 0 heterocycles. The first-order valence-electron chi connectivity index (χ1n) is 1.79. The molecular formula is C2H8N6. The van der Waals surface area contributed by atoms with Gasteiger partial charge in [0.2, 0.25) is 0 Å². The molecule has 0 atom stereocenters. The predicted molar refractivity (Wildman–Crippen MR) is 31.6 cm³/mol. The SMILES string of the molecule is NC(=[15N][15NH2])C(N)=[15N][15NH2]. The molecule has 0 aliphatic rings. The number of rotatable bonds is 0. The van der Waals surface area contributed by atoms with Crippen molar-refractivity contribution in [2.24, 2.45) is 33.4 Å². The van der Waals surface area contributed by atoms with E-state index in [0.29, 0.717) is 0 Å². The van der Waals surface area contributed by atoms with Crippen molar-refractivity contribution in [2.45, 2.75) is 0 Å². The van der Waals surface area contributed by atoms with E-state index in [1.807, 2.05) is 0 Å². The highest BCUT2D eigenvalue weighted by Gasteiger charge is 1.93. The van der Waals surface area contributed by atoms with Crippen LogP contribution in [0.5, 0.6) is 0 Å². The summed E-state index contributed by atoms with van der Waals surface area (Å²) in [5, 5.41) is 6.04. The molecule has 6 nitrogen and oxygen atoms in total. The largest absolute Gasteiger partial charge is 0.379 e. The number of hydrogen-bond donors (Lipinski definition) is 4. The topological polar surface area (TPSA) is 129 Å². The fraction of sp³-hybridized carbons (Fsp3) is 0. The first-order chi connectivity index (χ1) is 3.72. The summed E-state index contributed by atoms with van der Waals surface area (Å²) in [5.74, 6) is 9.27. The van der Waals surface area contributed by atoms with E-state index in [1.165, 1.54) is 0 Å². The summed E-state index contributed by atoms with van der Waals surface area (Å²) in [5.41, 5.74) is 10.0. The lowest BCUT2D eigenvalue weighted by atomic mass is 10.6. The maximum absolute atomic E-state index is 5.02. The molecule has 0 spiro atoms. The molecule has 0 rings (SSSR count). The monoisotopic (exact) mass is 120 g/mol. The molecule has 0 saturated carbocycles. The van der Waals surface area contributed by atoms with E-state index in [9.17, 15) is 0 Å². The molecule has 0 saturated heterocycles. The third-order valence-electron chi connectivity index (χ3n) is 0.541. The molecule has 0 unspecified atom stereocenters. The van der Waals surface area contributed by atoms with E-state index in [2.05, 4.69) is 10.2 Å². The Hall–Kier alpha value is -1.46. The molecule has 0 aromatic rings. The van der Waals surface area contributed by atoms with Gasteiger partial charge in [0.05, 0.1) is 0 Å². The third-order valence-corrected chi connectivity index (χ3v) is 0.541. The van der Waals surface area contributed by atoms with Crippen LogP contribution in [-0.4, -0.2) is 11.7 Å². The quantitative estimate of drug-likeness (QED) is 0.0921. The summed E-state index contributed by atoms with van der Waals surface area (Å²) in [4.78, 5) is 0. The molecule has 0 bridgehead atoms. The van der Waals surface area contributed by atoms with Crippen LogP contribution in [0.15, 0.2) is 10.2 Å². The van der Waals surface area contributed by atoms with Gasteiger partial charge in [-0.2, -0.15) is 10.2 Å². The lowest BCUT2D eigenvalue weighted by Gasteiger charge is -1.91. The molecule has 8 N–H and O–H groups in total. The van der Waals surface area contributed by atoms with Crippen molar-refractivity contribution < 1.29 is 0 Å². The third kappa shape index (κ3) is 1.33. The average molecular weight is 120 g/mol. The van der Waals surface area contributed by atoms with Gasteiger partial charge in [-0.1, -0.05) is 0 Å². The predicted octanol–water partition coefficient (Wildman–Crippen LogP) is -2.55. The van der Waals surface area contributed by atoms with Crippen molar-refractivity contribution in [2.75, 3.05) is 0 Å². The summed E-state index contributed by atoms with van der Waals surface area (Å²) in [6.07, 6.45) is 0. The molecule has 8 heavy (non-hydrogen) atoms. The normalized spacial score (nSPS) is 14.0. The van der Waals surface area contributed by atoms with Crippen LogP contribution < -0.4 is 23.2 Å². The van der Waals surface area contributed by atoms with E-state index >= 15 is 0 Å². The molecule has 0 aromatic carbocycles. The fourth-order valence-corrected chi connectivity index (χ4v) is 0.132. The minimum atomic E-state index is -0.0625. The Labute approximate surface area is 46.2 Å². The second-order valence-electron chi connectivity index (χ2n) is 1.03. The highest BCUT2D eigenvalue weighted by Crippen LogP contribution is 1.60. The first kappa shape index (κ1) is 6.54. The number of nitrogens with zero attached hydrogens (tertiary/aromatic N) is 2. The van der Waals surface area contributed by atoms with Gasteiger partial charge in [-0.15, -0.1) is 0 Å². The minimum absolute atomic E-state index is 0.0625. The Morgan fingerprint density at radius 2 is 1.12 bits per heavy atom. The summed E-state index contributed by atoms with van der Waals surface area (Å²) in [6.45, 7) is 0. The molecule has 0 fully saturated rings. The summed E-state index contributed by atoms with van der Waals surface area (Å²) >= 11 is 0. The Kier molecular flexibility index (Phi) is 2.18. The first-order valence-corrected chi connectivity index (χ1v) is 1.79. The van der Waals surface area contributed by atoms with Crippen molar-refractivity contribution in [3.05, 3.63) is 0 Å². The summed E-state index contributed by atoms with van der Waals surface area (Å²) < 4.78 is 0. The van der Waals surface area contributed by atoms with Gasteiger partial charge in [0.15, 0.2) is 11.7 Å². The molecule has 6 heteroatoms. The average Bonchev–Trinajstić information content (AvgIpc) is 1.84. The lowest BCUT2D eigenvalue weighted by molar-refractivity contribution is 1.21. The zero-order valence-corrected chi connectivity index (χ0v) is 4.20. The fourth-order valence-electron chi connectivity index (χ4n) is 0.132. The van der Waals surface area contributed by atoms with E-state index in [4.69, 9.17) is 23.2 Å². The van der Waals surface area contributed by atoms with Crippen molar-refractivity contribution in [3.63, 3.8) is 0 Å². The highest BCUT2D eigenvalue weighted by atomic mass is 16.1. The van der Waals surface area contributed by atoms with Crippen LogP contribution in [0.3, 0.4) is 0 Å². The summed E-state index contributed by atoms with van der Waals surface area (Å²) in [6, 6.07) is 0. The second-order valence-corrected chi connectivity index (χ2v) is 1.03. The van der Waals surface area contributed by atoms with Crippen molar-refractivity contribution in [1.29, 1.82) is 0 Å². The van der Waals surface area contributed by atoms with E-state index < -0.39 is 0 Å². The van der Waals surface area contributed by atoms with Gasteiger partial charge >= 0.3 is 0 Å². The number of amidine groups is 2. The van der Waals surface area contributed by atoms with Crippen molar-refractivity contribution in [1.82, 2.24) is 0 Å². The molecule has 46 valence electrons. The number of hydrogen-bond acceptors (Lipinski definition) is 4. The van der Waals surface area contributed by atoms with E-state index in [-0.39, 0.29) is 11.7 Å². The minimum Gasteiger partial charge on any atom is -0.379 e. The number of hydrazone groups is 2. The molecule has 0 amide bonds. The molecule has 0 radical (unpaired) electrons. The maximum Gasteiger partial charge on any atom is 0.187 e. The van der Waals surface area contributed by atoms with Crippen LogP contribution in [0.1, 0.15) is 0 Å². The van der Waals surface area contributed by atoms with Gasteiger partial charge in [0.25, 0.3) is 0 Å². The smallest absolute Gasteiger partial charge is 0.187 e. The van der Waals surface area contributed by atoms with Gasteiger partial charge in [0.1, 0.15) is 0 Å². The molecule has 0 aromatic heterocycles. The van der Waals surface area contributed by atoms with Gasteiger partial charge < -0.3 is 23.2 Å². The van der Waals surface area contributed by atoms with E-state index in [1.54, 1.807) is 0 Å². The summed E-state index contributed by atoms with van der Waals surface area (Å²) in [7, 11) is 0. The van der Waals surface area contributed by atoms with Gasteiger partial charge in [-0.3, -0.25) is 0 Å². The molecule has 0 aliphatic heterocycles.